The summed E-state index contributed by atoms with van der Waals surface area (Å²) in [5.74, 6) is -2.01. The molecule has 2 aliphatic rings. The van der Waals surface area contributed by atoms with Crippen LogP contribution in [0.25, 0.3) is 0 Å². The van der Waals surface area contributed by atoms with Gasteiger partial charge in [-0.3, -0.25) is 9.59 Å². The zero-order valence-corrected chi connectivity index (χ0v) is 11.8. The number of allylic oxidation sites excluding steroid dienone is 2. The number of anilines is 1. The number of imide groups is 1. The third-order valence-corrected chi connectivity index (χ3v) is 3.99. The Balaban J connectivity index is 2.07. The monoisotopic (exact) mass is 337 g/mol. The predicted molar refractivity (Wildman–Crippen MR) is 73.7 cm³/mol. The SMILES string of the molecule is O=C1C2=C(CC=CC2)C(=O)N1c1cc(O)c(Br)cc1F. The number of rotatable bonds is 1. The molecule has 0 saturated heterocycles. The van der Waals surface area contributed by atoms with Gasteiger partial charge in [0, 0.05) is 17.2 Å². The summed E-state index contributed by atoms with van der Waals surface area (Å²) in [6, 6.07) is 2.10. The van der Waals surface area contributed by atoms with Crippen LogP contribution in [0.1, 0.15) is 12.8 Å². The summed E-state index contributed by atoms with van der Waals surface area (Å²) < 4.78 is 14.1. The number of carbonyl (C=O) groups excluding carboxylic acids is 2. The van der Waals surface area contributed by atoms with E-state index in [1.807, 2.05) is 12.2 Å². The topological polar surface area (TPSA) is 57.6 Å². The van der Waals surface area contributed by atoms with Crippen molar-refractivity contribution in [3.05, 3.63) is 45.7 Å². The summed E-state index contributed by atoms with van der Waals surface area (Å²) in [7, 11) is 0. The van der Waals surface area contributed by atoms with E-state index in [4.69, 9.17) is 0 Å². The number of halogens is 2. The van der Waals surface area contributed by atoms with Gasteiger partial charge in [0.2, 0.25) is 0 Å². The van der Waals surface area contributed by atoms with E-state index in [9.17, 15) is 19.1 Å². The number of carbonyl (C=O) groups is 2. The predicted octanol–water partition coefficient (Wildman–Crippen LogP) is 2.81. The fraction of sp³-hybridized carbons (Fsp3) is 0.143. The van der Waals surface area contributed by atoms with Crippen molar-refractivity contribution < 1.29 is 19.1 Å². The van der Waals surface area contributed by atoms with Gasteiger partial charge >= 0.3 is 0 Å². The molecule has 0 unspecified atom stereocenters. The van der Waals surface area contributed by atoms with Crippen molar-refractivity contribution in [2.75, 3.05) is 4.90 Å². The third kappa shape index (κ3) is 1.79. The molecule has 1 aliphatic heterocycles. The molecular weight excluding hydrogens is 329 g/mol. The summed E-state index contributed by atoms with van der Waals surface area (Å²) in [4.78, 5) is 25.3. The molecule has 4 nitrogen and oxygen atoms in total. The van der Waals surface area contributed by atoms with Crippen molar-refractivity contribution in [1.82, 2.24) is 0 Å². The van der Waals surface area contributed by atoms with Gasteiger partial charge in [0.1, 0.15) is 11.6 Å². The highest BCUT2D eigenvalue weighted by molar-refractivity contribution is 9.10. The van der Waals surface area contributed by atoms with Gasteiger partial charge in [-0.15, -0.1) is 0 Å². The minimum Gasteiger partial charge on any atom is -0.507 e. The molecule has 1 heterocycles. The molecule has 20 heavy (non-hydrogen) atoms. The van der Waals surface area contributed by atoms with Crippen LogP contribution in [-0.4, -0.2) is 16.9 Å². The van der Waals surface area contributed by atoms with E-state index in [1.54, 1.807) is 0 Å². The zero-order valence-electron chi connectivity index (χ0n) is 10.2. The minimum atomic E-state index is -0.746. The first-order valence-electron chi connectivity index (χ1n) is 5.94. The molecule has 1 aromatic rings. The van der Waals surface area contributed by atoms with Crippen LogP contribution >= 0.6 is 15.9 Å². The van der Waals surface area contributed by atoms with Crippen LogP contribution in [0.2, 0.25) is 0 Å². The number of hydrogen-bond acceptors (Lipinski definition) is 3. The van der Waals surface area contributed by atoms with Gasteiger partial charge in [0.05, 0.1) is 10.2 Å². The van der Waals surface area contributed by atoms with Gasteiger partial charge in [0.15, 0.2) is 0 Å². The number of nitrogens with zero attached hydrogens (tertiary/aromatic N) is 1. The van der Waals surface area contributed by atoms with Crippen LogP contribution in [0.4, 0.5) is 10.1 Å². The van der Waals surface area contributed by atoms with E-state index in [2.05, 4.69) is 15.9 Å². The van der Waals surface area contributed by atoms with Crippen LogP contribution < -0.4 is 4.90 Å². The average Bonchev–Trinajstić information content (AvgIpc) is 2.68. The number of benzene rings is 1. The smallest absolute Gasteiger partial charge is 0.262 e. The normalized spacial score (nSPS) is 18.0. The van der Waals surface area contributed by atoms with E-state index in [0.29, 0.717) is 24.0 Å². The van der Waals surface area contributed by atoms with E-state index >= 15 is 0 Å². The van der Waals surface area contributed by atoms with Crippen molar-refractivity contribution in [3.8, 4) is 5.75 Å². The quantitative estimate of drug-likeness (QED) is 0.633. The van der Waals surface area contributed by atoms with Crippen molar-refractivity contribution >= 4 is 33.4 Å². The van der Waals surface area contributed by atoms with E-state index in [1.165, 1.54) is 0 Å². The molecule has 0 aromatic heterocycles. The van der Waals surface area contributed by atoms with Crippen LogP contribution in [-0.2, 0) is 9.59 Å². The standard InChI is InChI=1S/C14H9BrFNO3/c15-9-5-10(16)11(6-12(9)18)17-13(19)7-3-1-2-4-8(7)14(17)20/h1-2,5-6,18H,3-4H2. The molecule has 0 saturated carbocycles. The minimum absolute atomic E-state index is 0.164. The second-order valence-electron chi connectivity index (χ2n) is 4.54. The van der Waals surface area contributed by atoms with E-state index < -0.39 is 17.6 Å². The molecule has 1 aromatic carbocycles. The summed E-state index contributed by atoms with van der Waals surface area (Å²) in [5, 5.41) is 9.63. The molecule has 3 rings (SSSR count). The van der Waals surface area contributed by atoms with Crippen LogP contribution in [0.15, 0.2) is 39.9 Å². The largest absolute Gasteiger partial charge is 0.507 e. The van der Waals surface area contributed by atoms with Crippen LogP contribution in [0.3, 0.4) is 0 Å². The maximum absolute atomic E-state index is 14.0. The Hall–Kier alpha value is -1.95. The lowest BCUT2D eigenvalue weighted by molar-refractivity contribution is -0.120. The second-order valence-corrected chi connectivity index (χ2v) is 5.39. The van der Waals surface area contributed by atoms with Gasteiger partial charge in [-0.2, -0.15) is 0 Å². The molecule has 1 N–H and O–H groups in total. The first kappa shape index (κ1) is 13.1. The highest BCUT2D eigenvalue weighted by Crippen LogP contribution is 2.37. The number of amides is 2. The van der Waals surface area contributed by atoms with Gasteiger partial charge in [-0.1, -0.05) is 12.2 Å². The summed E-state index contributed by atoms with van der Waals surface area (Å²) >= 11 is 2.98. The lowest BCUT2D eigenvalue weighted by Crippen LogP contribution is -2.32. The Morgan fingerprint density at radius 1 is 1.10 bits per heavy atom. The fourth-order valence-electron chi connectivity index (χ4n) is 2.36. The molecule has 0 spiro atoms. The highest BCUT2D eigenvalue weighted by atomic mass is 79.9. The van der Waals surface area contributed by atoms with Gasteiger partial charge in [-0.25, -0.2) is 9.29 Å². The van der Waals surface area contributed by atoms with E-state index in [-0.39, 0.29) is 15.9 Å². The molecule has 102 valence electrons. The van der Waals surface area contributed by atoms with Crippen molar-refractivity contribution in [2.45, 2.75) is 12.8 Å². The Morgan fingerprint density at radius 2 is 1.65 bits per heavy atom. The molecule has 0 bridgehead atoms. The Labute approximate surface area is 122 Å². The maximum atomic E-state index is 14.0. The molecule has 2 amide bonds. The third-order valence-electron chi connectivity index (χ3n) is 3.35. The number of phenolic OH excluding ortho intramolecular Hbond substituents is 1. The lowest BCUT2D eigenvalue weighted by atomic mass is 9.99. The highest BCUT2D eigenvalue weighted by Gasteiger charge is 2.40. The Kier molecular flexibility index (Phi) is 2.97. The van der Waals surface area contributed by atoms with Crippen molar-refractivity contribution in [3.63, 3.8) is 0 Å². The first-order chi connectivity index (χ1) is 9.50. The summed E-state index contributed by atoms with van der Waals surface area (Å²) in [6.45, 7) is 0. The van der Waals surface area contributed by atoms with E-state index in [0.717, 1.165) is 17.0 Å². The zero-order chi connectivity index (χ0) is 14.4. The lowest BCUT2D eigenvalue weighted by Gasteiger charge is -2.16. The van der Waals surface area contributed by atoms with Crippen molar-refractivity contribution in [1.29, 1.82) is 0 Å². The number of phenols is 1. The summed E-state index contributed by atoms with van der Waals surface area (Å²) in [6.07, 6.45) is 4.37. The van der Waals surface area contributed by atoms with Gasteiger partial charge < -0.3 is 5.11 Å². The molecule has 6 heteroatoms. The number of aromatic hydroxyl groups is 1. The molecule has 0 fully saturated rings. The second kappa shape index (κ2) is 4.56. The fourth-order valence-corrected chi connectivity index (χ4v) is 2.68. The average molecular weight is 338 g/mol. The first-order valence-corrected chi connectivity index (χ1v) is 6.74. The maximum Gasteiger partial charge on any atom is 0.262 e. The van der Waals surface area contributed by atoms with Gasteiger partial charge in [-0.05, 0) is 34.8 Å². The molecule has 1 aliphatic carbocycles. The Bertz CT molecular complexity index is 679. The molecule has 0 atom stereocenters. The Morgan fingerprint density at radius 3 is 2.20 bits per heavy atom. The number of hydrogen-bond donors (Lipinski definition) is 1. The molecular formula is C14H9BrFNO3. The van der Waals surface area contributed by atoms with Crippen LogP contribution in [0, 0.1) is 5.82 Å². The molecule has 0 radical (unpaired) electrons. The van der Waals surface area contributed by atoms with Crippen molar-refractivity contribution in [2.24, 2.45) is 0 Å². The van der Waals surface area contributed by atoms with Crippen LogP contribution in [0.5, 0.6) is 5.75 Å². The summed E-state index contributed by atoms with van der Waals surface area (Å²) in [5.41, 5.74) is 0.578. The van der Waals surface area contributed by atoms with Gasteiger partial charge in [0.25, 0.3) is 11.8 Å².